The van der Waals surface area contributed by atoms with Crippen LogP contribution in [-0.2, 0) is 0 Å². The van der Waals surface area contributed by atoms with E-state index in [0.717, 1.165) is 5.56 Å². The lowest BCUT2D eigenvalue weighted by Crippen LogP contribution is -1.72. The summed E-state index contributed by atoms with van der Waals surface area (Å²) in [6.07, 6.45) is 1.80. The topological polar surface area (TPSA) is 0 Å². The molecular formula is C9H6FI. The molecule has 0 aromatic heterocycles. The van der Waals surface area contributed by atoms with Crippen LogP contribution in [0.4, 0.5) is 4.39 Å². The van der Waals surface area contributed by atoms with Crippen molar-refractivity contribution in [2.45, 2.75) is 0 Å². The Labute approximate surface area is 78.6 Å². The van der Waals surface area contributed by atoms with Crippen molar-refractivity contribution in [2.24, 2.45) is 0 Å². The molecule has 0 aliphatic rings. The first-order valence-corrected chi connectivity index (χ1v) is 4.34. The zero-order chi connectivity index (χ0) is 8.10. The number of benzene rings is 1. The molecule has 11 heavy (non-hydrogen) atoms. The van der Waals surface area contributed by atoms with Crippen LogP contribution in [0.25, 0.3) is 6.08 Å². The van der Waals surface area contributed by atoms with Crippen LogP contribution in [0.3, 0.4) is 0 Å². The molecule has 1 aromatic carbocycles. The largest absolute Gasteiger partial charge is 0.207 e. The molecule has 0 aliphatic heterocycles. The van der Waals surface area contributed by atoms with Crippen LogP contribution in [0.5, 0.6) is 0 Å². The highest BCUT2D eigenvalue weighted by molar-refractivity contribution is 14.1. The van der Waals surface area contributed by atoms with Crippen molar-refractivity contribution in [3.63, 3.8) is 0 Å². The van der Waals surface area contributed by atoms with E-state index in [0.29, 0.717) is 0 Å². The van der Waals surface area contributed by atoms with Crippen molar-refractivity contribution in [3.8, 4) is 0 Å². The zero-order valence-electron chi connectivity index (χ0n) is 5.72. The van der Waals surface area contributed by atoms with Gasteiger partial charge in [0, 0.05) is 4.08 Å². The van der Waals surface area contributed by atoms with Gasteiger partial charge >= 0.3 is 0 Å². The minimum Gasteiger partial charge on any atom is -0.207 e. The van der Waals surface area contributed by atoms with Gasteiger partial charge in [-0.25, -0.2) is 4.39 Å². The molecule has 0 heterocycles. The Hall–Kier alpha value is -0.600. The second kappa shape index (κ2) is 4.31. The van der Waals surface area contributed by atoms with Gasteiger partial charge in [0.1, 0.15) is 5.82 Å². The molecule has 0 spiro atoms. The van der Waals surface area contributed by atoms with Crippen molar-refractivity contribution >= 4 is 28.7 Å². The molecule has 0 radical (unpaired) electrons. The van der Waals surface area contributed by atoms with Gasteiger partial charge in [-0.3, -0.25) is 0 Å². The maximum Gasteiger partial charge on any atom is 0.123 e. The molecule has 0 aliphatic carbocycles. The first-order valence-electron chi connectivity index (χ1n) is 3.09. The summed E-state index contributed by atoms with van der Waals surface area (Å²) in [5.41, 5.74) is 3.86. The van der Waals surface area contributed by atoms with E-state index in [9.17, 15) is 4.39 Å². The molecule has 0 N–H and O–H groups in total. The Morgan fingerprint density at radius 2 is 1.91 bits per heavy atom. The van der Waals surface area contributed by atoms with Gasteiger partial charge in [-0.15, -0.1) is 5.73 Å². The van der Waals surface area contributed by atoms with E-state index in [1.807, 2.05) is 0 Å². The minimum atomic E-state index is -0.208. The van der Waals surface area contributed by atoms with E-state index in [-0.39, 0.29) is 5.82 Å². The normalized spacial score (nSPS) is 8.55. The quantitative estimate of drug-likeness (QED) is 0.536. The lowest BCUT2D eigenvalue weighted by Gasteiger charge is -1.88. The SMILES string of the molecule is Fc1ccc(C=C=CI)cc1. The Morgan fingerprint density at radius 3 is 2.45 bits per heavy atom. The van der Waals surface area contributed by atoms with E-state index in [1.165, 1.54) is 12.1 Å². The van der Waals surface area contributed by atoms with E-state index >= 15 is 0 Å². The third-order valence-corrected chi connectivity index (χ3v) is 1.54. The number of hydrogen-bond acceptors (Lipinski definition) is 0. The summed E-state index contributed by atoms with van der Waals surface area (Å²) >= 11 is 2.08. The molecule has 0 unspecified atom stereocenters. The standard InChI is InChI=1S/C9H6FI/c10-9-5-3-8(4-6-9)2-1-7-11/h2-7H. The Morgan fingerprint density at radius 1 is 1.27 bits per heavy atom. The summed E-state index contributed by atoms with van der Waals surface area (Å²) in [5.74, 6) is -0.208. The lowest BCUT2D eigenvalue weighted by molar-refractivity contribution is 0.628. The molecule has 0 nitrogen and oxygen atoms in total. The highest BCUT2D eigenvalue weighted by Crippen LogP contribution is 2.03. The third kappa shape index (κ3) is 2.87. The highest BCUT2D eigenvalue weighted by atomic mass is 127. The summed E-state index contributed by atoms with van der Waals surface area (Å²) in [5, 5.41) is 0. The predicted octanol–water partition coefficient (Wildman–Crippen LogP) is 3.39. The van der Waals surface area contributed by atoms with Gasteiger partial charge < -0.3 is 0 Å². The first-order chi connectivity index (χ1) is 5.33. The molecular weight excluding hydrogens is 254 g/mol. The van der Waals surface area contributed by atoms with Gasteiger partial charge in [-0.2, -0.15) is 0 Å². The average Bonchev–Trinajstić information content (AvgIpc) is 2.04. The van der Waals surface area contributed by atoms with Crippen molar-refractivity contribution in [2.75, 3.05) is 0 Å². The van der Waals surface area contributed by atoms with E-state index in [1.54, 1.807) is 22.3 Å². The minimum absolute atomic E-state index is 0.208. The summed E-state index contributed by atoms with van der Waals surface area (Å²) < 4.78 is 14.1. The second-order valence-corrected chi connectivity index (χ2v) is 2.59. The van der Waals surface area contributed by atoms with Crippen LogP contribution in [-0.4, -0.2) is 0 Å². The summed E-state index contributed by atoms with van der Waals surface area (Å²) in [6.45, 7) is 0. The summed E-state index contributed by atoms with van der Waals surface area (Å²) in [7, 11) is 0. The van der Waals surface area contributed by atoms with Gasteiger partial charge in [0.15, 0.2) is 0 Å². The van der Waals surface area contributed by atoms with Crippen molar-refractivity contribution < 1.29 is 4.39 Å². The smallest absolute Gasteiger partial charge is 0.123 e. The average molecular weight is 260 g/mol. The van der Waals surface area contributed by atoms with Gasteiger partial charge in [-0.1, -0.05) is 12.1 Å². The molecule has 0 fully saturated rings. The highest BCUT2D eigenvalue weighted by Gasteiger charge is 1.86. The van der Waals surface area contributed by atoms with Gasteiger partial charge in [0.2, 0.25) is 0 Å². The Bertz CT molecular complexity index is 281. The molecule has 1 rings (SSSR count). The predicted molar refractivity (Wildman–Crippen MR) is 53.0 cm³/mol. The van der Waals surface area contributed by atoms with Gasteiger partial charge in [0.25, 0.3) is 0 Å². The van der Waals surface area contributed by atoms with Crippen LogP contribution < -0.4 is 0 Å². The molecule has 0 bridgehead atoms. The number of rotatable bonds is 1. The molecule has 0 atom stereocenters. The maximum atomic E-state index is 12.4. The first kappa shape index (κ1) is 8.50. The van der Waals surface area contributed by atoms with E-state index < -0.39 is 0 Å². The third-order valence-electron chi connectivity index (χ3n) is 1.18. The van der Waals surface area contributed by atoms with Crippen LogP contribution in [0.1, 0.15) is 5.56 Å². The molecule has 0 saturated heterocycles. The zero-order valence-corrected chi connectivity index (χ0v) is 7.88. The lowest BCUT2D eigenvalue weighted by atomic mass is 10.2. The van der Waals surface area contributed by atoms with Crippen molar-refractivity contribution in [1.29, 1.82) is 0 Å². The molecule has 0 amide bonds. The maximum absolute atomic E-state index is 12.4. The van der Waals surface area contributed by atoms with Crippen molar-refractivity contribution in [1.82, 2.24) is 0 Å². The fourth-order valence-corrected chi connectivity index (χ4v) is 0.867. The summed E-state index contributed by atoms with van der Waals surface area (Å²) in [4.78, 5) is 0. The fraction of sp³-hybridized carbons (Fsp3) is 0. The number of halogens is 2. The van der Waals surface area contributed by atoms with E-state index in [4.69, 9.17) is 0 Å². The van der Waals surface area contributed by atoms with Gasteiger partial charge in [0.05, 0.1) is 0 Å². The Balaban J connectivity index is 2.90. The fourth-order valence-electron chi connectivity index (χ4n) is 0.687. The Kier molecular flexibility index (Phi) is 3.33. The van der Waals surface area contributed by atoms with Crippen LogP contribution in [0.2, 0.25) is 0 Å². The van der Waals surface area contributed by atoms with Gasteiger partial charge in [-0.05, 0) is 46.4 Å². The molecule has 0 saturated carbocycles. The second-order valence-electron chi connectivity index (χ2n) is 1.97. The molecule has 2 heteroatoms. The van der Waals surface area contributed by atoms with Crippen LogP contribution in [0, 0.1) is 5.82 Å². The summed E-state index contributed by atoms with van der Waals surface area (Å²) in [6, 6.07) is 6.28. The van der Waals surface area contributed by atoms with Crippen LogP contribution in [0.15, 0.2) is 34.1 Å². The molecule has 56 valence electrons. The monoisotopic (exact) mass is 260 g/mol. The molecule has 1 aromatic rings. The van der Waals surface area contributed by atoms with E-state index in [2.05, 4.69) is 28.3 Å². The van der Waals surface area contributed by atoms with Crippen molar-refractivity contribution in [3.05, 3.63) is 45.5 Å². The van der Waals surface area contributed by atoms with Crippen LogP contribution >= 0.6 is 22.6 Å². The number of hydrogen-bond donors (Lipinski definition) is 0.